The zero-order valence-electron chi connectivity index (χ0n) is 22.1. The van der Waals surface area contributed by atoms with E-state index in [2.05, 4.69) is 59.6 Å². The second-order valence-corrected chi connectivity index (χ2v) is 10.3. The lowest BCUT2D eigenvalue weighted by atomic mass is 10.00. The van der Waals surface area contributed by atoms with Gasteiger partial charge in [-0.05, 0) is 44.0 Å². The van der Waals surface area contributed by atoms with E-state index in [1.165, 1.54) is 18.2 Å². The third-order valence-corrected chi connectivity index (χ3v) is 6.62. The maximum atomic E-state index is 13.5. The molecule has 1 aliphatic heterocycles. The van der Waals surface area contributed by atoms with Crippen LogP contribution in [0.2, 0.25) is 5.02 Å². The summed E-state index contributed by atoms with van der Waals surface area (Å²) in [6.45, 7) is 14.0. The Labute approximate surface area is 219 Å². The van der Waals surface area contributed by atoms with Crippen LogP contribution in [0.3, 0.4) is 0 Å². The van der Waals surface area contributed by atoms with E-state index in [9.17, 15) is 4.39 Å². The van der Waals surface area contributed by atoms with Crippen LogP contribution in [0.15, 0.2) is 35.3 Å². The number of rotatable bonds is 7. The number of ether oxygens (including phenoxy) is 1. The van der Waals surface area contributed by atoms with Gasteiger partial charge >= 0.3 is 0 Å². The van der Waals surface area contributed by atoms with Crippen molar-refractivity contribution in [2.24, 2.45) is 16.6 Å². The van der Waals surface area contributed by atoms with E-state index >= 15 is 0 Å². The summed E-state index contributed by atoms with van der Waals surface area (Å²) in [5.41, 5.74) is 8.65. The monoisotopic (exact) mass is 513 g/mol. The minimum absolute atomic E-state index is 0.00792. The van der Waals surface area contributed by atoms with Crippen LogP contribution in [0.1, 0.15) is 38.8 Å². The van der Waals surface area contributed by atoms with Gasteiger partial charge in [0.05, 0.1) is 28.9 Å². The number of anilines is 1. The Morgan fingerprint density at radius 1 is 1.22 bits per heavy atom. The normalized spacial score (nSPS) is 15.5. The molecule has 1 aliphatic rings. The Balaban J connectivity index is 1.89. The molecule has 2 aromatic rings. The Hall–Kier alpha value is -2.79. The van der Waals surface area contributed by atoms with Crippen LogP contribution in [-0.2, 0) is 0 Å². The van der Waals surface area contributed by atoms with Gasteiger partial charge in [-0.3, -0.25) is 4.90 Å². The van der Waals surface area contributed by atoms with Crippen molar-refractivity contribution in [3.05, 3.63) is 52.3 Å². The summed E-state index contributed by atoms with van der Waals surface area (Å²) in [6.07, 6.45) is 0. The standard InChI is InChI=1S/C28H37ClFN5O/c1-19(2)18-34-11-13-35(14-12-34)28(3,4)10-9-20-15-22(25(32-5)17-26(20)36-6)27(31)33-21-7-8-24(30)23(29)16-21/h7-8,15-17,19,32H,11-14,18H2,1-6H3,(H2,31,33). The van der Waals surface area contributed by atoms with Gasteiger partial charge in [0.25, 0.3) is 0 Å². The zero-order chi connectivity index (χ0) is 26.5. The molecule has 8 heteroatoms. The topological polar surface area (TPSA) is 66.1 Å². The van der Waals surface area contributed by atoms with Crippen LogP contribution in [0.4, 0.5) is 15.8 Å². The third-order valence-electron chi connectivity index (χ3n) is 6.33. The predicted molar refractivity (Wildman–Crippen MR) is 148 cm³/mol. The van der Waals surface area contributed by atoms with Gasteiger partial charge in [-0.1, -0.05) is 37.3 Å². The first kappa shape index (κ1) is 27.8. The number of halogens is 2. The smallest absolute Gasteiger partial charge is 0.141 e. The lowest BCUT2D eigenvalue weighted by Gasteiger charge is -2.42. The van der Waals surface area contributed by atoms with E-state index in [-0.39, 0.29) is 16.4 Å². The number of nitrogens with one attached hydrogen (secondary N) is 1. The van der Waals surface area contributed by atoms with Crippen LogP contribution < -0.4 is 15.8 Å². The molecule has 3 N–H and O–H groups in total. The second-order valence-electron chi connectivity index (χ2n) is 9.93. The first-order chi connectivity index (χ1) is 17.0. The third kappa shape index (κ3) is 6.91. The van der Waals surface area contributed by atoms with E-state index in [0.29, 0.717) is 28.5 Å². The number of hydrogen-bond donors (Lipinski definition) is 2. The van der Waals surface area contributed by atoms with Crippen LogP contribution in [0.5, 0.6) is 5.75 Å². The largest absolute Gasteiger partial charge is 0.495 e. The molecule has 0 saturated carbocycles. The fourth-order valence-corrected chi connectivity index (χ4v) is 4.50. The molecule has 0 aliphatic carbocycles. The van der Waals surface area contributed by atoms with Gasteiger partial charge in [0.15, 0.2) is 0 Å². The minimum Gasteiger partial charge on any atom is -0.495 e. The first-order valence-corrected chi connectivity index (χ1v) is 12.6. The molecule has 1 saturated heterocycles. The van der Waals surface area contributed by atoms with Crippen molar-refractivity contribution in [2.75, 3.05) is 52.2 Å². The highest BCUT2D eigenvalue weighted by Gasteiger charge is 2.28. The van der Waals surface area contributed by atoms with Crippen molar-refractivity contribution in [1.29, 1.82) is 0 Å². The van der Waals surface area contributed by atoms with Crippen molar-refractivity contribution in [1.82, 2.24) is 9.80 Å². The molecule has 3 rings (SSSR count). The van der Waals surface area contributed by atoms with Crippen LogP contribution in [0, 0.1) is 23.6 Å². The highest BCUT2D eigenvalue weighted by molar-refractivity contribution is 6.31. The number of benzene rings is 2. The van der Waals surface area contributed by atoms with Gasteiger partial charge in [-0.25, -0.2) is 9.38 Å². The summed E-state index contributed by atoms with van der Waals surface area (Å²) in [7, 11) is 3.42. The fraction of sp³-hybridized carbons (Fsp3) is 0.464. The molecule has 0 amide bonds. The molecule has 0 spiro atoms. The average Bonchev–Trinajstić information content (AvgIpc) is 2.84. The number of hydrogen-bond acceptors (Lipinski definition) is 5. The molecule has 194 valence electrons. The van der Waals surface area contributed by atoms with E-state index in [4.69, 9.17) is 22.1 Å². The maximum absolute atomic E-state index is 13.5. The molecular formula is C28H37ClFN5O. The molecular weight excluding hydrogens is 477 g/mol. The van der Waals surface area contributed by atoms with Crippen molar-refractivity contribution in [2.45, 2.75) is 33.2 Å². The molecule has 1 fully saturated rings. The summed E-state index contributed by atoms with van der Waals surface area (Å²) in [5, 5.41) is 3.13. The summed E-state index contributed by atoms with van der Waals surface area (Å²) in [4.78, 5) is 9.40. The fourth-order valence-electron chi connectivity index (χ4n) is 4.32. The molecule has 6 nitrogen and oxygen atoms in total. The first-order valence-electron chi connectivity index (χ1n) is 12.2. The summed E-state index contributed by atoms with van der Waals surface area (Å²) in [6, 6.07) is 7.97. The molecule has 0 unspecified atom stereocenters. The summed E-state index contributed by atoms with van der Waals surface area (Å²) >= 11 is 5.91. The van der Waals surface area contributed by atoms with Gasteiger partial charge in [0, 0.05) is 57.1 Å². The van der Waals surface area contributed by atoms with E-state index in [0.717, 1.165) is 38.4 Å². The van der Waals surface area contributed by atoms with Gasteiger partial charge < -0.3 is 20.7 Å². The molecule has 0 bridgehead atoms. The van der Waals surface area contributed by atoms with Crippen molar-refractivity contribution in [3.8, 4) is 17.6 Å². The van der Waals surface area contributed by atoms with Gasteiger partial charge in [-0.2, -0.15) is 0 Å². The number of piperazine rings is 1. The second kappa shape index (κ2) is 12.0. The number of methoxy groups -OCH3 is 1. The Kier molecular flexibility index (Phi) is 9.24. The quantitative estimate of drug-likeness (QED) is 0.311. The van der Waals surface area contributed by atoms with Crippen molar-refractivity contribution in [3.63, 3.8) is 0 Å². The minimum atomic E-state index is -0.504. The molecule has 2 aromatic carbocycles. The number of amidine groups is 1. The lowest BCUT2D eigenvalue weighted by molar-refractivity contribution is 0.0751. The molecule has 0 radical (unpaired) electrons. The molecule has 0 atom stereocenters. The predicted octanol–water partition coefficient (Wildman–Crippen LogP) is 4.97. The Bertz CT molecular complexity index is 1160. The number of nitrogens with two attached hydrogens (primary N) is 1. The van der Waals surface area contributed by atoms with Crippen LogP contribution in [-0.4, -0.2) is 68.1 Å². The summed E-state index contributed by atoms with van der Waals surface area (Å²) < 4.78 is 19.2. The van der Waals surface area contributed by atoms with Crippen molar-refractivity contribution < 1.29 is 9.13 Å². The molecule has 36 heavy (non-hydrogen) atoms. The highest BCUT2D eigenvalue weighted by Crippen LogP contribution is 2.29. The van der Waals surface area contributed by atoms with E-state index < -0.39 is 5.82 Å². The van der Waals surface area contributed by atoms with Gasteiger partial charge in [0.1, 0.15) is 17.4 Å². The van der Waals surface area contributed by atoms with Gasteiger partial charge in [-0.15, -0.1) is 0 Å². The maximum Gasteiger partial charge on any atom is 0.141 e. The zero-order valence-corrected chi connectivity index (χ0v) is 22.8. The number of nitrogens with zero attached hydrogens (tertiary/aromatic N) is 3. The SMILES string of the molecule is CNc1cc(OC)c(C#CC(C)(C)N2CCN(CC(C)C)CC2)cc1C(N)=Nc1ccc(F)c(Cl)c1. The van der Waals surface area contributed by atoms with Gasteiger partial charge in [0.2, 0.25) is 0 Å². The Morgan fingerprint density at radius 2 is 1.92 bits per heavy atom. The van der Waals surface area contributed by atoms with Crippen LogP contribution in [0.25, 0.3) is 0 Å². The van der Waals surface area contributed by atoms with Crippen molar-refractivity contribution >= 4 is 28.8 Å². The average molecular weight is 514 g/mol. The Morgan fingerprint density at radius 3 is 2.50 bits per heavy atom. The highest BCUT2D eigenvalue weighted by atomic mass is 35.5. The lowest BCUT2D eigenvalue weighted by Crippen LogP contribution is -2.54. The van der Waals surface area contributed by atoms with E-state index in [1.807, 2.05) is 12.1 Å². The number of aliphatic imine (C=N–C) groups is 1. The molecule has 0 aromatic heterocycles. The molecule has 1 heterocycles. The van der Waals surface area contributed by atoms with E-state index in [1.54, 1.807) is 14.2 Å². The van der Waals surface area contributed by atoms with Crippen LogP contribution >= 0.6 is 11.6 Å². The summed E-state index contributed by atoms with van der Waals surface area (Å²) in [5.74, 6) is 7.86.